The highest BCUT2D eigenvalue weighted by Crippen LogP contribution is 2.32. The smallest absolute Gasteiger partial charge is 0.231 e. The molecule has 4 aromatic rings. The van der Waals surface area contributed by atoms with E-state index in [1.54, 1.807) is 0 Å². The zero-order valence-electron chi connectivity index (χ0n) is 14.1. The van der Waals surface area contributed by atoms with Crippen LogP contribution in [0.1, 0.15) is 5.56 Å². The molecule has 2 aromatic heterocycles. The van der Waals surface area contributed by atoms with Crippen molar-refractivity contribution in [3.8, 4) is 11.5 Å². The number of hydrogen-bond acceptors (Lipinski definition) is 6. The first-order valence-corrected chi connectivity index (χ1v) is 9.36. The number of aromatic amines is 1. The van der Waals surface area contributed by atoms with Gasteiger partial charge in [-0.2, -0.15) is 0 Å². The summed E-state index contributed by atoms with van der Waals surface area (Å²) in [7, 11) is 0. The highest BCUT2D eigenvalue weighted by Gasteiger charge is 2.15. The van der Waals surface area contributed by atoms with Crippen molar-refractivity contribution in [2.24, 2.45) is 0 Å². The summed E-state index contributed by atoms with van der Waals surface area (Å²) in [6.07, 6.45) is 0. The lowest BCUT2D eigenvalue weighted by Crippen LogP contribution is -2.24. The highest BCUT2D eigenvalue weighted by molar-refractivity contribution is 7.99. The van der Waals surface area contributed by atoms with E-state index in [-0.39, 0.29) is 18.5 Å². The van der Waals surface area contributed by atoms with E-state index in [0.29, 0.717) is 23.2 Å². The molecular formula is C18H15N5O3S. The van der Waals surface area contributed by atoms with Gasteiger partial charge in [0.15, 0.2) is 16.7 Å². The van der Waals surface area contributed by atoms with E-state index >= 15 is 0 Å². The maximum Gasteiger partial charge on any atom is 0.231 e. The van der Waals surface area contributed by atoms with E-state index in [9.17, 15) is 4.79 Å². The van der Waals surface area contributed by atoms with Crippen molar-refractivity contribution in [3.05, 3.63) is 48.0 Å². The van der Waals surface area contributed by atoms with Gasteiger partial charge in [0.25, 0.3) is 0 Å². The van der Waals surface area contributed by atoms with Gasteiger partial charge in [0, 0.05) is 6.54 Å². The zero-order chi connectivity index (χ0) is 18.2. The molecule has 0 unspecified atom stereocenters. The van der Waals surface area contributed by atoms with Crippen molar-refractivity contribution in [1.82, 2.24) is 24.9 Å². The number of aromatic nitrogens is 4. The van der Waals surface area contributed by atoms with Crippen LogP contribution in [-0.2, 0) is 11.3 Å². The fourth-order valence-electron chi connectivity index (χ4n) is 2.97. The van der Waals surface area contributed by atoms with Crippen molar-refractivity contribution in [3.63, 3.8) is 0 Å². The molecule has 1 aliphatic rings. The van der Waals surface area contributed by atoms with Crippen LogP contribution >= 0.6 is 11.8 Å². The number of H-pyrrole nitrogens is 1. The van der Waals surface area contributed by atoms with Crippen molar-refractivity contribution < 1.29 is 14.3 Å². The summed E-state index contributed by atoms with van der Waals surface area (Å²) in [5.41, 5.74) is 2.81. The van der Waals surface area contributed by atoms with Crippen LogP contribution in [0.4, 0.5) is 0 Å². The normalized spacial score (nSPS) is 12.7. The molecule has 5 rings (SSSR count). The SMILES string of the molecule is O=C(CSc1n[nH]c2nc3ccccc3n12)NCc1ccc2c(c1)OCO2. The summed E-state index contributed by atoms with van der Waals surface area (Å²) in [5, 5.41) is 10.8. The predicted octanol–water partition coefficient (Wildman–Crippen LogP) is 2.35. The van der Waals surface area contributed by atoms with E-state index in [2.05, 4.69) is 20.5 Å². The standard InChI is InChI=1S/C18H15N5O3S/c24-16(19-8-11-5-6-14-15(7-11)26-10-25-14)9-27-18-22-21-17-20-12-3-1-2-4-13(12)23(17)18/h1-7H,8-10H2,(H,19,24)(H,20,21). The fourth-order valence-corrected chi connectivity index (χ4v) is 3.76. The summed E-state index contributed by atoms with van der Waals surface area (Å²) in [4.78, 5) is 16.7. The maximum absolute atomic E-state index is 12.2. The molecular weight excluding hydrogens is 366 g/mol. The third-order valence-electron chi connectivity index (χ3n) is 4.26. The van der Waals surface area contributed by atoms with Gasteiger partial charge in [-0.25, -0.2) is 10.1 Å². The van der Waals surface area contributed by atoms with Crippen LogP contribution in [0.2, 0.25) is 0 Å². The first-order chi connectivity index (χ1) is 13.3. The van der Waals surface area contributed by atoms with Gasteiger partial charge in [0.1, 0.15) is 0 Å². The van der Waals surface area contributed by atoms with Gasteiger partial charge in [-0.05, 0) is 29.8 Å². The average molecular weight is 381 g/mol. The molecule has 3 heterocycles. The number of carbonyl (C=O) groups excluding carboxylic acids is 1. The predicted molar refractivity (Wildman–Crippen MR) is 100.0 cm³/mol. The fraction of sp³-hybridized carbons (Fsp3) is 0.167. The van der Waals surface area contributed by atoms with Crippen LogP contribution in [0.5, 0.6) is 11.5 Å². The number of hydrogen-bond donors (Lipinski definition) is 2. The number of benzene rings is 2. The number of para-hydroxylation sites is 2. The topological polar surface area (TPSA) is 93.5 Å². The molecule has 0 fully saturated rings. The van der Waals surface area contributed by atoms with Crippen LogP contribution in [0.25, 0.3) is 16.8 Å². The molecule has 9 heteroatoms. The second-order valence-electron chi connectivity index (χ2n) is 6.02. The quantitative estimate of drug-likeness (QED) is 0.516. The first-order valence-electron chi connectivity index (χ1n) is 8.37. The molecule has 0 aliphatic carbocycles. The average Bonchev–Trinajstić information content (AvgIpc) is 3.39. The molecule has 0 radical (unpaired) electrons. The number of fused-ring (bicyclic) bond motifs is 4. The monoisotopic (exact) mass is 381 g/mol. The minimum absolute atomic E-state index is 0.0711. The zero-order valence-corrected chi connectivity index (χ0v) is 15.0. The molecule has 0 saturated carbocycles. The number of imidazole rings is 1. The molecule has 0 atom stereocenters. The number of nitrogens with one attached hydrogen (secondary N) is 2. The molecule has 0 spiro atoms. The van der Waals surface area contributed by atoms with E-state index in [1.807, 2.05) is 46.9 Å². The van der Waals surface area contributed by atoms with Gasteiger partial charge in [-0.15, -0.1) is 5.10 Å². The Balaban J connectivity index is 1.24. The molecule has 2 aromatic carbocycles. The molecule has 27 heavy (non-hydrogen) atoms. The van der Waals surface area contributed by atoms with Gasteiger partial charge < -0.3 is 14.8 Å². The van der Waals surface area contributed by atoms with Crippen molar-refractivity contribution in [2.75, 3.05) is 12.5 Å². The molecule has 0 bridgehead atoms. The number of ether oxygens (including phenoxy) is 2. The lowest BCUT2D eigenvalue weighted by molar-refractivity contribution is -0.118. The van der Waals surface area contributed by atoms with Crippen LogP contribution < -0.4 is 14.8 Å². The molecule has 8 nitrogen and oxygen atoms in total. The van der Waals surface area contributed by atoms with E-state index in [0.717, 1.165) is 22.3 Å². The third-order valence-corrected chi connectivity index (χ3v) is 5.20. The lowest BCUT2D eigenvalue weighted by atomic mass is 10.2. The molecule has 2 N–H and O–H groups in total. The van der Waals surface area contributed by atoms with E-state index < -0.39 is 0 Å². The summed E-state index contributed by atoms with van der Waals surface area (Å²) in [6, 6.07) is 13.5. The summed E-state index contributed by atoms with van der Waals surface area (Å²) in [6.45, 7) is 0.670. The summed E-state index contributed by atoms with van der Waals surface area (Å²) >= 11 is 1.36. The second kappa shape index (κ2) is 6.51. The van der Waals surface area contributed by atoms with Gasteiger partial charge in [-0.1, -0.05) is 30.0 Å². The minimum Gasteiger partial charge on any atom is -0.454 e. The van der Waals surface area contributed by atoms with Crippen LogP contribution in [0, 0.1) is 0 Å². The lowest BCUT2D eigenvalue weighted by Gasteiger charge is -2.06. The summed E-state index contributed by atoms with van der Waals surface area (Å²) < 4.78 is 12.6. The highest BCUT2D eigenvalue weighted by atomic mass is 32.2. The Labute approximate surface area is 157 Å². The Morgan fingerprint density at radius 3 is 3.07 bits per heavy atom. The Morgan fingerprint density at radius 1 is 1.22 bits per heavy atom. The number of nitrogens with zero attached hydrogens (tertiary/aromatic N) is 3. The molecule has 1 aliphatic heterocycles. The minimum atomic E-state index is -0.0711. The van der Waals surface area contributed by atoms with Crippen LogP contribution in [-0.4, -0.2) is 38.0 Å². The number of thioether (sulfide) groups is 1. The third kappa shape index (κ3) is 2.95. The van der Waals surface area contributed by atoms with Crippen molar-refractivity contribution in [2.45, 2.75) is 11.7 Å². The maximum atomic E-state index is 12.2. The van der Waals surface area contributed by atoms with Gasteiger partial charge in [0.05, 0.1) is 16.8 Å². The largest absolute Gasteiger partial charge is 0.454 e. The van der Waals surface area contributed by atoms with Crippen LogP contribution in [0.3, 0.4) is 0 Å². The Morgan fingerprint density at radius 2 is 2.11 bits per heavy atom. The van der Waals surface area contributed by atoms with Crippen LogP contribution in [0.15, 0.2) is 47.6 Å². The molecule has 136 valence electrons. The van der Waals surface area contributed by atoms with Crippen molar-refractivity contribution >= 4 is 34.5 Å². The van der Waals surface area contributed by atoms with Gasteiger partial charge in [-0.3, -0.25) is 9.20 Å². The van der Waals surface area contributed by atoms with E-state index in [4.69, 9.17) is 9.47 Å². The van der Waals surface area contributed by atoms with Gasteiger partial charge >= 0.3 is 0 Å². The molecule has 0 saturated heterocycles. The number of amides is 1. The van der Waals surface area contributed by atoms with E-state index in [1.165, 1.54) is 11.8 Å². The van der Waals surface area contributed by atoms with Crippen molar-refractivity contribution in [1.29, 1.82) is 0 Å². The Kier molecular flexibility index (Phi) is 3.86. The number of rotatable bonds is 5. The van der Waals surface area contributed by atoms with Gasteiger partial charge in [0.2, 0.25) is 18.5 Å². The number of carbonyl (C=O) groups is 1. The Hall–Kier alpha value is -3.20. The first kappa shape index (κ1) is 16.0. The molecule has 1 amide bonds. The second-order valence-corrected chi connectivity index (χ2v) is 6.96. The Bertz CT molecular complexity index is 1150. The summed E-state index contributed by atoms with van der Waals surface area (Å²) in [5.74, 6) is 2.30.